The van der Waals surface area contributed by atoms with Gasteiger partial charge in [-0.15, -0.1) is 0 Å². The van der Waals surface area contributed by atoms with Gasteiger partial charge < -0.3 is 9.84 Å². The number of hydrogen-bond donors (Lipinski definition) is 1. The van der Waals surface area contributed by atoms with Gasteiger partial charge in [0.15, 0.2) is 17.3 Å². The number of nitrogens with zero attached hydrogens (tertiary/aromatic N) is 2. The third kappa shape index (κ3) is 2.60. The lowest BCUT2D eigenvalue weighted by molar-refractivity contribution is 0.373. The largest absolute Gasteiger partial charge is 0.504 e. The topological polar surface area (TPSA) is 54.7 Å². The lowest BCUT2D eigenvalue weighted by Crippen LogP contribution is -1.88. The number of phenols is 1. The van der Waals surface area contributed by atoms with Crippen molar-refractivity contribution in [3.8, 4) is 11.5 Å². The molecule has 0 aliphatic heterocycles. The molecule has 1 heterocycles. The van der Waals surface area contributed by atoms with Gasteiger partial charge in [-0.25, -0.2) is 9.98 Å². The SMILES string of the molecule is COc1cccc(/C=N/c2ccccn2)c1O. The second-order valence-electron chi connectivity index (χ2n) is 3.34. The standard InChI is InChI=1S/C13H12N2O2/c1-17-11-6-4-5-10(13(11)16)9-15-12-7-2-3-8-14-12/h2-9,16H,1H3/b15-9+. The molecule has 1 aromatic heterocycles. The summed E-state index contributed by atoms with van der Waals surface area (Å²) in [5.74, 6) is 1.10. The van der Waals surface area contributed by atoms with E-state index in [0.717, 1.165) is 0 Å². The Labute approximate surface area is 99.2 Å². The van der Waals surface area contributed by atoms with E-state index < -0.39 is 0 Å². The van der Waals surface area contributed by atoms with Gasteiger partial charge in [0.1, 0.15) is 0 Å². The Bertz CT molecular complexity index is 524. The molecule has 2 rings (SSSR count). The molecule has 0 radical (unpaired) electrons. The molecule has 4 nitrogen and oxygen atoms in total. The summed E-state index contributed by atoms with van der Waals surface area (Å²) < 4.78 is 5.01. The molecule has 0 saturated heterocycles. The van der Waals surface area contributed by atoms with E-state index in [4.69, 9.17) is 4.74 Å². The van der Waals surface area contributed by atoms with Gasteiger partial charge in [0.25, 0.3) is 0 Å². The van der Waals surface area contributed by atoms with Gasteiger partial charge in [-0.05, 0) is 24.3 Å². The Morgan fingerprint density at radius 3 is 2.82 bits per heavy atom. The van der Waals surface area contributed by atoms with Gasteiger partial charge in [-0.2, -0.15) is 0 Å². The van der Waals surface area contributed by atoms with Crippen LogP contribution in [0.1, 0.15) is 5.56 Å². The molecule has 0 amide bonds. The van der Waals surface area contributed by atoms with E-state index in [-0.39, 0.29) is 5.75 Å². The van der Waals surface area contributed by atoms with E-state index >= 15 is 0 Å². The predicted molar refractivity (Wildman–Crippen MR) is 66.1 cm³/mol. The highest BCUT2D eigenvalue weighted by atomic mass is 16.5. The fourth-order valence-corrected chi connectivity index (χ4v) is 1.37. The molecule has 0 unspecified atom stereocenters. The summed E-state index contributed by atoms with van der Waals surface area (Å²) in [5.41, 5.74) is 0.593. The molecular weight excluding hydrogens is 216 g/mol. The summed E-state index contributed by atoms with van der Waals surface area (Å²) in [6.07, 6.45) is 3.22. The minimum atomic E-state index is 0.0784. The van der Waals surface area contributed by atoms with Crippen molar-refractivity contribution in [1.29, 1.82) is 0 Å². The quantitative estimate of drug-likeness (QED) is 0.821. The van der Waals surface area contributed by atoms with Gasteiger partial charge in [-0.1, -0.05) is 12.1 Å². The van der Waals surface area contributed by atoms with Gasteiger partial charge in [0.05, 0.1) is 7.11 Å². The highest BCUT2D eigenvalue weighted by molar-refractivity contribution is 5.86. The smallest absolute Gasteiger partial charge is 0.166 e. The fourth-order valence-electron chi connectivity index (χ4n) is 1.37. The second kappa shape index (κ2) is 5.12. The molecule has 1 aromatic carbocycles. The number of benzene rings is 1. The van der Waals surface area contributed by atoms with Crippen molar-refractivity contribution >= 4 is 12.0 Å². The molecule has 0 aliphatic rings. The fraction of sp³-hybridized carbons (Fsp3) is 0.0769. The average molecular weight is 228 g/mol. The summed E-state index contributed by atoms with van der Waals surface area (Å²) in [4.78, 5) is 8.22. The molecule has 0 fully saturated rings. The van der Waals surface area contributed by atoms with E-state index in [0.29, 0.717) is 17.1 Å². The second-order valence-corrected chi connectivity index (χ2v) is 3.34. The molecule has 0 aliphatic carbocycles. The third-order valence-electron chi connectivity index (χ3n) is 2.24. The van der Waals surface area contributed by atoms with Gasteiger partial charge in [0, 0.05) is 18.0 Å². The van der Waals surface area contributed by atoms with Gasteiger partial charge in [-0.3, -0.25) is 0 Å². The molecule has 86 valence electrons. The number of ether oxygens (including phenoxy) is 1. The Morgan fingerprint density at radius 1 is 1.24 bits per heavy atom. The Morgan fingerprint density at radius 2 is 2.12 bits per heavy atom. The molecule has 0 spiro atoms. The Kier molecular flexibility index (Phi) is 3.35. The maximum absolute atomic E-state index is 9.83. The third-order valence-corrected chi connectivity index (χ3v) is 2.24. The lowest BCUT2D eigenvalue weighted by atomic mass is 10.2. The number of aliphatic imine (C=N–C) groups is 1. The summed E-state index contributed by atoms with van der Waals surface area (Å²) in [5, 5.41) is 9.83. The van der Waals surface area contributed by atoms with Crippen LogP contribution >= 0.6 is 0 Å². The zero-order valence-electron chi connectivity index (χ0n) is 9.37. The van der Waals surface area contributed by atoms with Crippen LogP contribution in [0.3, 0.4) is 0 Å². The van der Waals surface area contributed by atoms with E-state index in [1.54, 1.807) is 36.7 Å². The van der Waals surface area contributed by atoms with E-state index in [9.17, 15) is 5.11 Å². The highest BCUT2D eigenvalue weighted by Gasteiger charge is 2.04. The molecule has 2 aromatic rings. The molecule has 4 heteroatoms. The zero-order chi connectivity index (χ0) is 12.1. The highest BCUT2D eigenvalue weighted by Crippen LogP contribution is 2.28. The van der Waals surface area contributed by atoms with Crippen molar-refractivity contribution in [3.05, 3.63) is 48.2 Å². The number of phenolic OH excluding ortho intramolecular Hbond substituents is 1. The first-order valence-corrected chi connectivity index (χ1v) is 5.12. The first-order valence-electron chi connectivity index (χ1n) is 5.12. The van der Waals surface area contributed by atoms with Crippen molar-refractivity contribution in [2.24, 2.45) is 4.99 Å². The zero-order valence-corrected chi connectivity index (χ0v) is 9.37. The van der Waals surface area contributed by atoms with Crippen molar-refractivity contribution in [2.45, 2.75) is 0 Å². The number of aromatic nitrogens is 1. The first-order chi connectivity index (χ1) is 8.31. The molecule has 0 atom stereocenters. The molecule has 17 heavy (non-hydrogen) atoms. The van der Waals surface area contributed by atoms with Crippen LogP contribution in [0, 0.1) is 0 Å². The van der Waals surface area contributed by atoms with Crippen molar-refractivity contribution in [2.75, 3.05) is 7.11 Å². The molecule has 1 N–H and O–H groups in total. The summed E-state index contributed by atoms with van der Waals surface area (Å²) in [6, 6.07) is 10.7. The summed E-state index contributed by atoms with van der Waals surface area (Å²) in [7, 11) is 1.51. The van der Waals surface area contributed by atoms with Gasteiger partial charge >= 0.3 is 0 Å². The monoisotopic (exact) mass is 228 g/mol. The molecular formula is C13H12N2O2. The van der Waals surface area contributed by atoms with Crippen LogP contribution in [0.25, 0.3) is 0 Å². The van der Waals surface area contributed by atoms with Crippen LogP contribution in [-0.4, -0.2) is 23.4 Å². The maximum atomic E-state index is 9.83. The van der Waals surface area contributed by atoms with Crippen LogP contribution in [0.2, 0.25) is 0 Å². The number of para-hydroxylation sites is 1. The summed E-state index contributed by atoms with van der Waals surface area (Å²) >= 11 is 0. The van der Waals surface area contributed by atoms with Gasteiger partial charge in [0.2, 0.25) is 0 Å². The lowest BCUT2D eigenvalue weighted by Gasteiger charge is -2.04. The van der Waals surface area contributed by atoms with E-state index in [1.165, 1.54) is 7.11 Å². The number of aromatic hydroxyl groups is 1. The maximum Gasteiger partial charge on any atom is 0.166 e. The normalized spacial score (nSPS) is 10.6. The van der Waals surface area contributed by atoms with Crippen LogP contribution in [0.4, 0.5) is 5.82 Å². The number of hydrogen-bond acceptors (Lipinski definition) is 4. The van der Waals surface area contributed by atoms with Crippen LogP contribution < -0.4 is 4.74 Å². The summed E-state index contributed by atoms with van der Waals surface area (Å²) in [6.45, 7) is 0. The Balaban J connectivity index is 2.28. The van der Waals surface area contributed by atoms with E-state index in [1.807, 2.05) is 12.1 Å². The van der Waals surface area contributed by atoms with Crippen LogP contribution in [0.5, 0.6) is 11.5 Å². The van der Waals surface area contributed by atoms with Crippen LogP contribution in [0.15, 0.2) is 47.6 Å². The minimum Gasteiger partial charge on any atom is -0.504 e. The predicted octanol–water partition coefficient (Wildman–Crippen LogP) is 2.55. The van der Waals surface area contributed by atoms with Crippen molar-refractivity contribution < 1.29 is 9.84 Å². The first kappa shape index (κ1) is 11.1. The van der Waals surface area contributed by atoms with Crippen LogP contribution in [-0.2, 0) is 0 Å². The molecule has 0 bridgehead atoms. The van der Waals surface area contributed by atoms with Crippen molar-refractivity contribution in [3.63, 3.8) is 0 Å². The number of pyridine rings is 1. The number of rotatable bonds is 3. The average Bonchev–Trinajstić information content (AvgIpc) is 2.39. The van der Waals surface area contributed by atoms with E-state index in [2.05, 4.69) is 9.98 Å². The van der Waals surface area contributed by atoms with Crippen molar-refractivity contribution in [1.82, 2.24) is 4.98 Å². The molecule has 0 saturated carbocycles. The minimum absolute atomic E-state index is 0.0784. The Hall–Kier alpha value is -2.36. The number of methoxy groups -OCH3 is 1.